The van der Waals surface area contributed by atoms with E-state index >= 15 is 0 Å². The van der Waals surface area contributed by atoms with Crippen LogP contribution in [-0.4, -0.2) is 38.8 Å². The second kappa shape index (κ2) is 6.60. The molecule has 1 aromatic heterocycles. The molecule has 0 aromatic carbocycles. The largest absolute Gasteiger partial charge is 0.464 e. The summed E-state index contributed by atoms with van der Waals surface area (Å²) >= 11 is 5.60. The van der Waals surface area contributed by atoms with Crippen LogP contribution in [0.25, 0.3) is 0 Å². The third kappa shape index (κ3) is 3.41. The number of halogens is 1. The normalized spacial score (nSPS) is 13.7. The highest BCUT2D eigenvalue weighted by molar-refractivity contribution is 6.31. The van der Waals surface area contributed by atoms with E-state index in [-0.39, 0.29) is 23.0 Å². The Morgan fingerprint density at radius 1 is 1.60 bits per heavy atom. The number of rotatable bonds is 5. The third-order valence-electron chi connectivity index (χ3n) is 2.53. The van der Waals surface area contributed by atoms with E-state index in [4.69, 9.17) is 11.6 Å². The number of nitro groups is 1. The molecule has 110 valence electrons. The molecule has 0 bridgehead atoms. The van der Waals surface area contributed by atoms with Crippen molar-refractivity contribution in [2.75, 3.05) is 6.61 Å². The Hall–Kier alpha value is -1.77. The number of aliphatic hydroxyl groups excluding tert-OH is 2. The number of esters is 1. The SMILES string of the molecule is CCOC(=O)C(O)C(O)c1cc([N+](=O)[O-])c(Cl)nc1C. The van der Waals surface area contributed by atoms with Crippen molar-refractivity contribution in [2.24, 2.45) is 0 Å². The first-order valence-electron chi connectivity index (χ1n) is 5.63. The maximum atomic E-state index is 11.3. The fourth-order valence-electron chi connectivity index (χ4n) is 1.53. The minimum absolute atomic E-state index is 0.0284. The van der Waals surface area contributed by atoms with Gasteiger partial charge in [-0.15, -0.1) is 0 Å². The van der Waals surface area contributed by atoms with Crippen molar-refractivity contribution >= 4 is 23.3 Å². The summed E-state index contributed by atoms with van der Waals surface area (Å²) in [5.41, 5.74) is -0.430. The molecule has 0 aliphatic rings. The Balaban J connectivity index is 3.15. The summed E-state index contributed by atoms with van der Waals surface area (Å²) in [7, 11) is 0. The lowest BCUT2D eigenvalue weighted by Crippen LogP contribution is -2.30. The van der Waals surface area contributed by atoms with E-state index in [1.54, 1.807) is 0 Å². The molecular weight excluding hydrogens is 292 g/mol. The zero-order valence-corrected chi connectivity index (χ0v) is 11.5. The number of ether oxygens (including phenoxy) is 1. The molecule has 8 nitrogen and oxygen atoms in total. The van der Waals surface area contributed by atoms with Gasteiger partial charge in [0.1, 0.15) is 6.10 Å². The molecule has 0 saturated carbocycles. The molecule has 20 heavy (non-hydrogen) atoms. The van der Waals surface area contributed by atoms with Crippen molar-refractivity contribution in [3.63, 3.8) is 0 Å². The molecule has 0 aliphatic carbocycles. The number of carbonyl (C=O) groups is 1. The van der Waals surface area contributed by atoms with Crippen molar-refractivity contribution in [3.05, 3.63) is 32.6 Å². The van der Waals surface area contributed by atoms with Crippen LogP contribution in [0.5, 0.6) is 0 Å². The lowest BCUT2D eigenvalue weighted by molar-refractivity contribution is -0.385. The number of nitrogens with zero attached hydrogens (tertiary/aromatic N) is 2. The van der Waals surface area contributed by atoms with Crippen LogP contribution in [0.2, 0.25) is 5.15 Å². The smallest absolute Gasteiger partial charge is 0.338 e. The fourth-order valence-corrected chi connectivity index (χ4v) is 1.78. The first kappa shape index (κ1) is 16.3. The molecule has 1 aromatic rings. The Kier molecular flexibility index (Phi) is 5.37. The van der Waals surface area contributed by atoms with Crippen molar-refractivity contribution in [1.29, 1.82) is 0 Å². The molecule has 1 rings (SSSR count). The van der Waals surface area contributed by atoms with Gasteiger partial charge in [-0.05, 0) is 13.8 Å². The standard InChI is InChI=1S/C11H13ClN2O6/c1-3-20-11(17)9(16)8(15)6-4-7(14(18)19)10(12)13-5(6)2/h4,8-9,15-16H,3H2,1-2H3. The van der Waals surface area contributed by atoms with Gasteiger partial charge in [-0.25, -0.2) is 9.78 Å². The maximum absolute atomic E-state index is 11.3. The highest BCUT2D eigenvalue weighted by Gasteiger charge is 2.30. The molecule has 0 saturated heterocycles. The maximum Gasteiger partial charge on any atom is 0.338 e. The van der Waals surface area contributed by atoms with E-state index in [2.05, 4.69) is 9.72 Å². The number of carbonyl (C=O) groups excluding carboxylic acids is 1. The van der Waals surface area contributed by atoms with E-state index in [0.29, 0.717) is 0 Å². The molecular formula is C11H13ClN2O6. The summed E-state index contributed by atoms with van der Waals surface area (Å²) < 4.78 is 4.56. The molecule has 0 spiro atoms. The van der Waals surface area contributed by atoms with E-state index in [0.717, 1.165) is 6.07 Å². The minimum Gasteiger partial charge on any atom is -0.464 e. The van der Waals surface area contributed by atoms with Crippen LogP contribution in [0.1, 0.15) is 24.3 Å². The average Bonchev–Trinajstić information content (AvgIpc) is 2.37. The summed E-state index contributed by atoms with van der Waals surface area (Å²) in [6.07, 6.45) is -3.56. The highest BCUT2D eigenvalue weighted by Crippen LogP contribution is 2.29. The lowest BCUT2D eigenvalue weighted by Gasteiger charge is -2.18. The van der Waals surface area contributed by atoms with Crippen LogP contribution >= 0.6 is 11.6 Å². The fraction of sp³-hybridized carbons (Fsp3) is 0.455. The second-order valence-electron chi connectivity index (χ2n) is 3.87. The van der Waals surface area contributed by atoms with Crippen LogP contribution in [0.3, 0.4) is 0 Å². The van der Waals surface area contributed by atoms with E-state index < -0.39 is 28.8 Å². The summed E-state index contributed by atoms with van der Waals surface area (Å²) in [5.74, 6) is -1.03. The van der Waals surface area contributed by atoms with Crippen LogP contribution < -0.4 is 0 Å². The van der Waals surface area contributed by atoms with E-state index in [1.165, 1.54) is 13.8 Å². The van der Waals surface area contributed by atoms with Crippen LogP contribution in [0.15, 0.2) is 6.07 Å². The van der Waals surface area contributed by atoms with Gasteiger partial charge in [0.15, 0.2) is 6.10 Å². The van der Waals surface area contributed by atoms with Crippen molar-refractivity contribution < 1.29 is 24.7 Å². The summed E-state index contributed by atoms with van der Waals surface area (Å²) in [4.78, 5) is 25.0. The van der Waals surface area contributed by atoms with Crippen LogP contribution in [0.4, 0.5) is 5.69 Å². The van der Waals surface area contributed by atoms with Gasteiger partial charge in [0.2, 0.25) is 5.15 Å². The molecule has 2 unspecified atom stereocenters. The van der Waals surface area contributed by atoms with Gasteiger partial charge in [0.05, 0.1) is 11.5 Å². The van der Waals surface area contributed by atoms with Gasteiger partial charge in [0, 0.05) is 17.3 Å². The zero-order valence-electron chi connectivity index (χ0n) is 10.7. The minimum atomic E-state index is -1.86. The summed E-state index contributed by atoms with van der Waals surface area (Å²) in [5, 5.41) is 30.0. The summed E-state index contributed by atoms with van der Waals surface area (Å²) in [6, 6.07) is 0.970. The number of aryl methyl sites for hydroxylation is 1. The second-order valence-corrected chi connectivity index (χ2v) is 4.23. The molecule has 2 N–H and O–H groups in total. The van der Waals surface area contributed by atoms with Gasteiger partial charge in [0.25, 0.3) is 0 Å². The Labute approximate surface area is 119 Å². The van der Waals surface area contributed by atoms with Gasteiger partial charge < -0.3 is 14.9 Å². The monoisotopic (exact) mass is 304 g/mol. The van der Waals surface area contributed by atoms with Crippen molar-refractivity contribution in [1.82, 2.24) is 4.98 Å². The first-order chi connectivity index (χ1) is 9.29. The van der Waals surface area contributed by atoms with Gasteiger partial charge in [-0.1, -0.05) is 11.6 Å². The van der Waals surface area contributed by atoms with E-state index in [1.807, 2.05) is 0 Å². The van der Waals surface area contributed by atoms with Gasteiger partial charge in [-0.2, -0.15) is 0 Å². The molecule has 0 aliphatic heterocycles. The average molecular weight is 305 g/mol. The zero-order chi connectivity index (χ0) is 15.4. The Bertz CT molecular complexity index is 536. The molecule has 0 amide bonds. The Morgan fingerprint density at radius 3 is 2.70 bits per heavy atom. The highest BCUT2D eigenvalue weighted by atomic mass is 35.5. The number of aliphatic hydroxyl groups is 2. The lowest BCUT2D eigenvalue weighted by atomic mass is 10.0. The molecule has 9 heteroatoms. The number of aromatic nitrogens is 1. The molecule has 0 radical (unpaired) electrons. The van der Waals surface area contributed by atoms with Gasteiger partial charge >= 0.3 is 11.7 Å². The third-order valence-corrected chi connectivity index (χ3v) is 2.81. The quantitative estimate of drug-likeness (QED) is 0.358. The predicted octanol–water partition coefficient (Wildman–Crippen LogP) is 0.909. The van der Waals surface area contributed by atoms with Crippen LogP contribution in [-0.2, 0) is 9.53 Å². The number of hydrogen-bond donors (Lipinski definition) is 2. The molecule has 1 heterocycles. The topological polar surface area (TPSA) is 123 Å². The Morgan fingerprint density at radius 2 is 2.20 bits per heavy atom. The van der Waals surface area contributed by atoms with Crippen LogP contribution in [0, 0.1) is 17.0 Å². The summed E-state index contributed by atoms with van der Waals surface area (Å²) in [6.45, 7) is 3.00. The predicted molar refractivity (Wildman–Crippen MR) is 68.2 cm³/mol. The molecule has 0 fully saturated rings. The molecule has 2 atom stereocenters. The van der Waals surface area contributed by atoms with Crippen molar-refractivity contribution in [2.45, 2.75) is 26.1 Å². The van der Waals surface area contributed by atoms with E-state index in [9.17, 15) is 25.1 Å². The number of pyridine rings is 1. The first-order valence-corrected chi connectivity index (χ1v) is 6.01. The van der Waals surface area contributed by atoms with Crippen molar-refractivity contribution in [3.8, 4) is 0 Å². The number of hydrogen-bond acceptors (Lipinski definition) is 7. The van der Waals surface area contributed by atoms with Gasteiger partial charge in [-0.3, -0.25) is 10.1 Å².